The van der Waals surface area contributed by atoms with Gasteiger partial charge in [0.05, 0.1) is 23.8 Å². The molecule has 8 rings (SSSR count). The topological polar surface area (TPSA) is 197 Å². The molecular weight excluding hydrogens is 829 g/mol. The molecule has 0 aliphatic heterocycles. The van der Waals surface area contributed by atoms with Gasteiger partial charge in [0.1, 0.15) is 5.69 Å². The highest BCUT2D eigenvalue weighted by molar-refractivity contribution is 9.10. The summed E-state index contributed by atoms with van der Waals surface area (Å²) in [6.07, 6.45) is 16.7. The maximum Gasteiger partial charge on any atom is 0.488 e. The fraction of sp³-hybridized carbons (Fsp3) is 0. The van der Waals surface area contributed by atoms with E-state index in [4.69, 9.17) is 15.2 Å². The molecule has 0 unspecified atom stereocenters. The van der Waals surface area contributed by atoms with Crippen molar-refractivity contribution in [1.29, 1.82) is 0 Å². The van der Waals surface area contributed by atoms with Crippen LogP contribution in [0.15, 0.2) is 168 Å². The fourth-order valence-corrected chi connectivity index (χ4v) is 5.17. The number of hydrogen-bond acceptors (Lipinski definition) is 11. The van der Waals surface area contributed by atoms with Crippen LogP contribution in [-0.2, 0) is 0 Å². The van der Waals surface area contributed by atoms with Crippen LogP contribution < -0.4 is 5.46 Å². The summed E-state index contributed by atoms with van der Waals surface area (Å²) in [7, 11) is -1.37. The van der Waals surface area contributed by atoms with Crippen molar-refractivity contribution in [2.75, 3.05) is 0 Å². The third-order valence-corrected chi connectivity index (χ3v) is 8.39. The predicted molar refractivity (Wildman–Crippen MR) is 216 cm³/mol. The fourth-order valence-electron chi connectivity index (χ4n) is 4.64. The number of hydrogen-bond donors (Lipinski definition) is 4. The van der Waals surface area contributed by atoms with Gasteiger partial charge in [0.15, 0.2) is 5.69 Å². The Morgan fingerprint density at radius 1 is 0.509 bits per heavy atom. The van der Waals surface area contributed by atoms with Crippen molar-refractivity contribution in [1.82, 2.24) is 45.3 Å². The number of benzene rings is 4. The Morgan fingerprint density at radius 3 is 1.31 bits per heavy atom. The van der Waals surface area contributed by atoms with Crippen molar-refractivity contribution in [2.45, 2.75) is 0 Å². The lowest BCUT2D eigenvalue weighted by molar-refractivity contribution is 0.0691. The third-order valence-electron chi connectivity index (χ3n) is 7.33. The van der Waals surface area contributed by atoms with E-state index in [1.807, 2.05) is 72.8 Å². The molecule has 0 aliphatic rings. The Labute approximate surface area is 332 Å². The SMILES string of the molecule is Brc1ccc(-c2cnccn2)cc1.O=C(O)c1n[nH]nc1-c1ccc(-c2ccc(-c3cnccn3)cc2)cc1.OB(O)c1ccc(Br)cc1.c1cnccn1. The predicted octanol–water partition coefficient (Wildman–Crippen LogP) is 6.81. The second-order valence-electron chi connectivity index (χ2n) is 11.0. The number of rotatable bonds is 6. The van der Waals surface area contributed by atoms with E-state index >= 15 is 0 Å². The molecule has 55 heavy (non-hydrogen) atoms. The Hall–Kier alpha value is -6.33. The number of halogens is 2. The van der Waals surface area contributed by atoms with Gasteiger partial charge in [0.25, 0.3) is 0 Å². The highest BCUT2D eigenvalue weighted by Gasteiger charge is 2.16. The summed E-state index contributed by atoms with van der Waals surface area (Å²) in [6, 6.07) is 30.3. The molecule has 0 atom stereocenters. The van der Waals surface area contributed by atoms with E-state index in [1.54, 1.807) is 86.2 Å². The van der Waals surface area contributed by atoms with Gasteiger partial charge in [-0.1, -0.05) is 105 Å². The van der Waals surface area contributed by atoms with E-state index < -0.39 is 13.1 Å². The summed E-state index contributed by atoms with van der Waals surface area (Å²) >= 11 is 6.61. The highest BCUT2D eigenvalue weighted by atomic mass is 79.9. The van der Waals surface area contributed by atoms with Crippen LogP contribution in [-0.4, -0.2) is 73.6 Å². The summed E-state index contributed by atoms with van der Waals surface area (Å²) in [5, 5.41) is 36.4. The van der Waals surface area contributed by atoms with Crippen molar-refractivity contribution in [3.8, 4) is 44.9 Å². The Bertz CT molecular complexity index is 2300. The minimum Gasteiger partial charge on any atom is -0.476 e. The van der Waals surface area contributed by atoms with Crippen LogP contribution in [0.25, 0.3) is 44.9 Å². The number of nitrogens with one attached hydrogen (secondary N) is 1. The monoisotopic (exact) mass is 857 g/mol. The van der Waals surface area contributed by atoms with Gasteiger partial charge in [-0.25, -0.2) is 4.79 Å². The summed E-state index contributed by atoms with van der Waals surface area (Å²) in [5.41, 5.74) is 7.27. The first-order chi connectivity index (χ1) is 26.8. The maximum atomic E-state index is 11.2. The maximum absolute atomic E-state index is 11.2. The van der Waals surface area contributed by atoms with E-state index in [0.717, 1.165) is 42.6 Å². The minimum absolute atomic E-state index is 0.0916. The van der Waals surface area contributed by atoms with Crippen LogP contribution >= 0.6 is 31.9 Å². The minimum atomic E-state index is -1.37. The standard InChI is InChI=1S/C19H13N5O2.C10H7BrN2.C6H6BBrO2.C4H4N2/c25-19(26)18-17(22-24-23-18)15-7-3-13(4-8-15)12-1-5-14(6-2-12)16-11-20-9-10-21-16;11-9-3-1-8(2-4-9)10-7-12-5-6-13-10;8-6-3-1-5(2-4-6)7(9)10;1-2-6-4-3-5-1/h1-11H,(H,25,26)(H,22,23,24);1-7H;1-4,9-10H;1-4H. The molecule has 8 aromatic rings. The van der Waals surface area contributed by atoms with Crippen LogP contribution in [0, 0.1) is 0 Å². The smallest absolute Gasteiger partial charge is 0.476 e. The Balaban J connectivity index is 0.000000165. The summed E-state index contributed by atoms with van der Waals surface area (Å²) < 4.78 is 2.00. The van der Waals surface area contributed by atoms with Gasteiger partial charge < -0.3 is 15.2 Å². The van der Waals surface area contributed by atoms with Crippen LogP contribution in [0.2, 0.25) is 0 Å². The molecule has 13 nitrogen and oxygen atoms in total. The molecule has 0 radical (unpaired) electrons. The number of nitrogens with zero attached hydrogens (tertiary/aromatic N) is 8. The van der Waals surface area contributed by atoms with Gasteiger partial charge >= 0.3 is 13.1 Å². The molecular formula is C39H30BBr2N9O4. The van der Waals surface area contributed by atoms with Gasteiger partial charge in [0.2, 0.25) is 0 Å². The first-order valence-corrected chi connectivity index (χ1v) is 17.8. The molecule has 0 saturated heterocycles. The second kappa shape index (κ2) is 20.8. The van der Waals surface area contributed by atoms with Crippen molar-refractivity contribution in [3.05, 3.63) is 174 Å². The second-order valence-corrected chi connectivity index (χ2v) is 12.8. The molecule has 0 amide bonds. The lowest BCUT2D eigenvalue weighted by Crippen LogP contribution is -2.29. The highest BCUT2D eigenvalue weighted by Crippen LogP contribution is 2.27. The zero-order valence-corrected chi connectivity index (χ0v) is 31.8. The van der Waals surface area contributed by atoms with Crippen LogP contribution in [0.4, 0.5) is 0 Å². The molecule has 4 N–H and O–H groups in total. The first kappa shape index (κ1) is 39.9. The number of carboxylic acids is 1. The lowest BCUT2D eigenvalue weighted by Gasteiger charge is -2.05. The number of aromatic amines is 1. The number of aromatic carboxylic acids is 1. The summed E-state index contributed by atoms with van der Waals surface area (Å²) in [6.45, 7) is 0. The summed E-state index contributed by atoms with van der Waals surface area (Å²) in [5.74, 6) is -1.11. The van der Waals surface area contributed by atoms with Crippen LogP contribution in [0.3, 0.4) is 0 Å². The molecule has 0 aliphatic carbocycles. The summed E-state index contributed by atoms with van der Waals surface area (Å²) in [4.78, 5) is 35.2. The van der Waals surface area contributed by atoms with Crippen molar-refractivity contribution in [3.63, 3.8) is 0 Å². The Kier molecular flexibility index (Phi) is 15.1. The molecule has 4 aromatic heterocycles. The Morgan fingerprint density at radius 2 is 0.909 bits per heavy atom. The average molecular weight is 859 g/mol. The van der Waals surface area contributed by atoms with Crippen LogP contribution in [0.5, 0.6) is 0 Å². The van der Waals surface area contributed by atoms with Crippen molar-refractivity contribution < 1.29 is 19.9 Å². The molecule has 16 heteroatoms. The van der Waals surface area contributed by atoms with Gasteiger partial charge in [0, 0.05) is 75.2 Å². The molecule has 0 spiro atoms. The largest absolute Gasteiger partial charge is 0.488 e. The van der Waals surface area contributed by atoms with Gasteiger partial charge in [-0.05, 0) is 40.9 Å². The number of H-pyrrole nitrogens is 1. The van der Waals surface area contributed by atoms with E-state index in [0.29, 0.717) is 16.7 Å². The van der Waals surface area contributed by atoms with Crippen molar-refractivity contribution in [2.24, 2.45) is 0 Å². The van der Waals surface area contributed by atoms with Gasteiger partial charge in [-0.15, -0.1) is 5.10 Å². The molecule has 272 valence electrons. The van der Waals surface area contributed by atoms with E-state index in [9.17, 15) is 4.79 Å². The van der Waals surface area contributed by atoms with Gasteiger partial charge in [-0.3, -0.25) is 29.9 Å². The molecule has 4 heterocycles. The molecule has 0 bridgehead atoms. The molecule has 0 fully saturated rings. The molecule has 4 aromatic carbocycles. The van der Waals surface area contributed by atoms with Crippen molar-refractivity contribution >= 4 is 50.4 Å². The zero-order chi connectivity index (χ0) is 38.8. The first-order valence-electron chi connectivity index (χ1n) is 16.2. The van der Waals surface area contributed by atoms with E-state index in [1.165, 1.54) is 0 Å². The number of aromatic nitrogens is 9. The van der Waals surface area contributed by atoms with E-state index in [2.05, 4.69) is 77.2 Å². The van der Waals surface area contributed by atoms with Gasteiger partial charge in [-0.2, -0.15) is 10.3 Å². The quantitative estimate of drug-likeness (QED) is 0.128. The average Bonchev–Trinajstić information content (AvgIpc) is 3.75. The van der Waals surface area contributed by atoms with E-state index in [-0.39, 0.29) is 5.69 Å². The molecule has 0 saturated carbocycles. The number of carbonyl (C=O) groups is 1. The number of carboxylic acid groups (broad SMARTS) is 1. The third kappa shape index (κ3) is 12.4. The lowest BCUT2D eigenvalue weighted by atomic mass is 9.81. The zero-order valence-electron chi connectivity index (χ0n) is 28.7. The normalized spacial score (nSPS) is 9.96. The van der Waals surface area contributed by atoms with Crippen LogP contribution in [0.1, 0.15) is 10.5 Å².